The molecule has 1 atom stereocenters. The van der Waals surface area contributed by atoms with Crippen LogP contribution in [0.5, 0.6) is 5.75 Å². The van der Waals surface area contributed by atoms with Gasteiger partial charge in [-0.15, -0.1) is 0 Å². The SMILES string of the molecule is CCNC(=NCc1ccccc1OC1CCC1)N1CCN(C(=O)C2CCCO2)CC1. The Kier molecular flexibility index (Phi) is 7.10. The summed E-state index contributed by atoms with van der Waals surface area (Å²) in [4.78, 5) is 21.7. The first-order chi connectivity index (χ1) is 14.7. The van der Waals surface area contributed by atoms with Crippen molar-refractivity contribution in [3.8, 4) is 5.75 Å². The fourth-order valence-corrected chi connectivity index (χ4v) is 4.12. The highest BCUT2D eigenvalue weighted by atomic mass is 16.5. The van der Waals surface area contributed by atoms with E-state index in [1.165, 1.54) is 6.42 Å². The van der Waals surface area contributed by atoms with Crippen LogP contribution in [0.15, 0.2) is 29.3 Å². The molecule has 4 rings (SSSR count). The summed E-state index contributed by atoms with van der Waals surface area (Å²) in [5.74, 6) is 2.00. The summed E-state index contributed by atoms with van der Waals surface area (Å²) in [5, 5.41) is 3.41. The molecule has 0 radical (unpaired) electrons. The predicted molar refractivity (Wildman–Crippen MR) is 117 cm³/mol. The summed E-state index contributed by atoms with van der Waals surface area (Å²) in [5.41, 5.74) is 1.12. The average Bonchev–Trinajstić information content (AvgIpc) is 3.29. The Balaban J connectivity index is 1.36. The van der Waals surface area contributed by atoms with E-state index in [1.54, 1.807) is 0 Å². The van der Waals surface area contributed by atoms with Gasteiger partial charge < -0.3 is 24.6 Å². The summed E-state index contributed by atoms with van der Waals surface area (Å²) in [7, 11) is 0. The molecule has 0 spiro atoms. The van der Waals surface area contributed by atoms with Gasteiger partial charge in [0.1, 0.15) is 11.9 Å². The second kappa shape index (κ2) is 10.2. The number of rotatable bonds is 6. The van der Waals surface area contributed by atoms with Gasteiger partial charge in [0, 0.05) is 44.9 Å². The Morgan fingerprint density at radius 2 is 1.90 bits per heavy atom. The van der Waals surface area contributed by atoms with Crippen LogP contribution >= 0.6 is 0 Å². The standard InChI is InChI=1S/C23H34N4O3/c1-2-24-23(25-17-18-7-3-4-10-20(18)30-19-8-5-9-19)27-14-12-26(13-15-27)22(28)21-11-6-16-29-21/h3-4,7,10,19,21H,2,5-6,8-9,11-17H2,1H3,(H,24,25). The molecular formula is C23H34N4O3. The lowest BCUT2D eigenvalue weighted by Crippen LogP contribution is -2.55. The lowest BCUT2D eigenvalue weighted by molar-refractivity contribution is -0.142. The van der Waals surface area contributed by atoms with E-state index in [4.69, 9.17) is 14.5 Å². The Bertz CT molecular complexity index is 736. The lowest BCUT2D eigenvalue weighted by Gasteiger charge is -2.37. The number of aliphatic imine (C=N–C) groups is 1. The van der Waals surface area contributed by atoms with Gasteiger partial charge in [-0.05, 0) is 45.1 Å². The van der Waals surface area contributed by atoms with Crippen molar-refractivity contribution in [2.45, 2.75) is 57.8 Å². The molecule has 1 aromatic rings. The number of amides is 1. The quantitative estimate of drug-likeness (QED) is 0.572. The predicted octanol–water partition coefficient (Wildman–Crippen LogP) is 2.41. The molecule has 1 amide bonds. The van der Waals surface area contributed by atoms with E-state index < -0.39 is 0 Å². The smallest absolute Gasteiger partial charge is 0.251 e. The number of ether oxygens (including phenoxy) is 2. The van der Waals surface area contributed by atoms with Crippen molar-refractivity contribution in [3.05, 3.63) is 29.8 Å². The number of carbonyl (C=O) groups is 1. The molecule has 1 saturated carbocycles. The van der Waals surface area contributed by atoms with Crippen molar-refractivity contribution in [2.24, 2.45) is 4.99 Å². The Morgan fingerprint density at radius 3 is 2.57 bits per heavy atom. The van der Waals surface area contributed by atoms with Crippen LogP contribution in [-0.4, -0.2) is 73.2 Å². The van der Waals surface area contributed by atoms with Crippen molar-refractivity contribution in [2.75, 3.05) is 39.3 Å². The number of benzene rings is 1. The third-order valence-electron chi connectivity index (χ3n) is 6.15. The highest BCUT2D eigenvalue weighted by Gasteiger charge is 2.31. The summed E-state index contributed by atoms with van der Waals surface area (Å²) in [6, 6.07) is 8.21. The molecular weight excluding hydrogens is 380 g/mol. The molecule has 2 saturated heterocycles. The molecule has 1 N–H and O–H groups in total. The number of carbonyl (C=O) groups excluding carboxylic acids is 1. The zero-order chi connectivity index (χ0) is 20.8. The molecule has 164 valence electrons. The van der Waals surface area contributed by atoms with Crippen molar-refractivity contribution >= 4 is 11.9 Å². The Hall–Kier alpha value is -2.28. The maximum absolute atomic E-state index is 12.6. The van der Waals surface area contributed by atoms with Crippen LogP contribution in [0.3, 0.4) is 0 Å². The number of nitrogens with zero attached hydrogens (tertiary/aromatic N) is 3. The molecule has 3 fully saturated rings. The van der Waals surface area contributed by atoms with Gasteiger partial charge in [0.15, 0.2) is 5.96 Å². The van der Waals surface area contributed by atoms with Crippen LogP contribution in [0.25, 0.3) is 0 Å². The minimum atomic E-state index is -0.231. The van der Waals surface area contributed by atoms with E-state index in [1.807, 2.05) is 23.1 Å². The van der Waals surface area contributed by atoms with Crippen LogP contribution in [0.2, 0.25) is 0 Å². The highest BCUT2D eigenvalue weighted by molar-refractivity contribution is 5.83. The van der Waals surface area contributed by atoms with E-state index in [0.717, 1.165) is 62.6 Å². The van der Waals surface area contributed by atoms with Gasteiger partial charge in [0.2, 0.25) is 0 Å². The molecule has 0 aromatic heterocycles. The first-order valence-electron chi connectivity index (χ1n) is 11.4. The minimum Gasteiger partial charge on any atom is -0.490 e. The summed E-state index contributed by atoms with van der Waals surface area (Å²) < 4.78 is 11.7. The van der Waals surface area contributed by atoms with Crippen LogP contribution < -0.4 is 10.1 Å². The van der Waals surface area contributed by atoms with Gasteiger partial charge in [-0.1, -0.05) is 18.2 Å². The molecule has 2 aliphatic heterocycles. The van der Waals surface area contributed by atoms with Gasteiger partial charge >= 0.3 is 0 Å². The number of piperazine rings is 1. The second-order valence-corrected chi connectivity index (χ2v) is 8.26. The molecule has 1 unspecified atom stereocenters. The molecule has 1 aromatic carbocycles. The second-order valence-electron chi connectivity index (χ2n) is 8.26. The summed E-state index contributed by atoms with van der Waals surface area (Å²) in [6.07, 6.45) is 5.52. The van der Waals surface area contributed by atoms with Crippen LogP contribution in [0.1, 0.15) is 44.6 Å². The monoisotopic (exact) mass is 414 g/mol. The lowest BCUT2D eigenvalue weighted by atomic mass is 9.96. The normalized spacial score (nSPS) is 22.7. The number of guanidine groups is 1. The van der Waals surface area contributed by atoms with Gasteiger partial charge in [-0.25, -0.2) is 4.99 Å². The molecule has 3 aliphatic rings. The minimum absolute atomic E-state index is 0.149. The van der Waals surface area contributed by atoms with Crippen LogP contribution in [0, 0.1) is 0 Å². The van der Waals surface area contributed by atoms with Gasteiger partial charge in [0.05, 0.1) is 12.6 Å². The topological polar surface area (TPSA) is 66.4 Å². The van der Waals surface area contributed by atoms with Gasteiger partial charge in [0.25, 0.3) is 5.91 Å². The van der Waals surface area contributed by atoms with Gasteiger partial charge in [-0.3, -0.25) is 4.79 Å². The highest BCUT2D eigenvalue weighted by Crippen LogP contribution is 2.28. The fourth-order valence-electron chi connectivity index (χ4n) is 4.12. The Morgan fingerprint density at radius 1 is 1.13 bits per heavy atom. The zero-order valence-electron chi connectivity index (χ0n) is 18.0. The third kappa shape index (κ3) is 5.06. The first-order valence-corrected chi connectivity index (χ1v) is 11.4. The van der Waals surface area contributed by atoms with Gasteiger partial charge in [-0.2, -0.15) is 0 Å². The van der Waals surface area contributed by atoms with E-state index >= 15 is 0 Å². The first kappa shape index (κ1) is 21.0. The van der Waals surface area contributed by atoms with Crippen molar-refractivity contribution in [1.29, 1.82) is 0 Å². The third-order valence-corrected chi connectivity index (χ3v) is 6.15. The van der Waals surface area contributed by atoms with Crippen molar-refractivity contribution < 1.29 is 14.3 Å². The van der Waals surface area contributed by atoms with E-state index in [-0.39, 0.29) is 12.0 Å². The number of hydrogen-bond acceptors (Lipinski definition) is 4. The van der Waals surface area contributed by atoms with Crippen LogP contribution in [0.4, 0.5) is 0 Å². The molecule has 1 aliphatic carbocycles. The fraction of sp³-hybridized carbons (Fsp3) is 0.652. The summed E-state index contributed by atoms with van der Waals surface area (Å²) >= 11 is 0. The van der Waals surface area contributed by atoms with Crippen LogP contribution in [-0.2, 0) is 16.1 Å². The molecule has 30 heavy (non-hydrogen) atoms. The number of para-hydroxylation sites is 1. The zero-order valence-corrected chi connectivity index (χ0v) is 18.0. The molecule has 0 bridgehead atoms. The maximum Gasteiger partial charge on any atom is 0.251 e. The molecule has 2 heterocycles. The number of hydrogen-bond donors (Lipinski definition) is 1. The van der Waals surface area contributed by atoms with E-state index in [2.05, 4.69) is 23.2 Å². The van der Waals surface area contributed by atoms with Crippen molar-refractivity contribution in [1.82, 2.24) is 15.1 Å². The largest absolute Gasteiger partial charge is 0.490 e. The summed E-state index contributed by atoms with van der Waals surface area (Å²) in [6.45, 7) is 7.18. The Labute approximate surface area is 179 Å². The average molecular weight is 415 g/mol. The van der Waals surface area contributed by atoms with E-state index in [9.17, 15) is 4.79 Å². The maximum atomic E-state index is 12.6. The van der Waals surface area contributed by atoms with Crippen molar-refractivity contribution in [3.63, 3.8) is 0 Å². The molecule has 7 heteroatoms. The number of nitrogens with one attached hydrogen (secondary N) is 1. The van der Waals surface area contributed by atoms with E-state index in [0.29, 0.717) is 32.3 Å². The molecule has 7 nitrogen and oxygen atoms in total.